The third-order valence-electron chi connectivity index (χ3n) is 3.34. The van der Waals surface area contributed by atoms with E-state index in [1.54, 1.807) is 6.07 Å². The Hall–Kier alpha value is -1.22. The van der Waals surface area contributed by atoms with Gasteiger partial charge in [-0.2, -0.15) is 0 Å². The zero-order valence-electron chi connectivity index (χ0n) is 11.6. The van der Waals surface area contributed by atoms with Crippen molar-refractivity contribution in [3.63, 3.8) is 0 Å². The van der Waals surface area contributed by atoms with Gasteiger partial charge in [0, 0.05) is 5.02 Å². The molecule has 0 N–H and O–H groups in total. The maximum atomic E-state index is 6.35. The van der Waals surface area contributed by atoms with Crippen LogP contribution in [-0.4, -0.2) is 9.55 Å². The van der Waals surface area contributed by atoms with Crippen molar-refractivity contribution in [2.24, 2.45) is 0 Å². The largest absolute Gasteiger partial charge is 0.294 e. The predicted molar refractivity (Wildman–Crippen MR) is 90.1 cm³/mol. The molecule has 0 radical (unpaired) electrons. The second-order valence-corrected chi connectivity index (χ2v) is 6.51. The molecule has 2 aromatic carbocycles. The van der Waals surface area contributed by atoms with E-state index in [0.29, 0.717) is 10.0 Å². The van der Waals surface area contributed by atoms with E-state index in [2.05, 4.69) is 4.98 Å². The Balaban J connectivity index is 2.36. The van der Waals surface area contributed by atoms with Gasteiger partial charge in [-0.05, 0) is 49.7 Å². The lowest BCUT2D eigenvalue weighted by molar-refractivity contribution is 0.883. The van der Waals surface area contributed by atoms with Gasteiger partial charge in [-0.15, -0.1) is 11.6 Å². The quantitative estimate of drug-likeness (QED) is 0.528. The SMILES string of the molecule is Cc1ccc2c(c1)nc(C(C)Cl)n2-c1ccc(Cl)cc1Cl. The standard InChI is InChI=1S/C16H13Cl3N2/c1-9-3-5-15-13(7-9)20-16(10(2)17)21(15)14-6-4-11(18)8-12(14)19/h3-8,10H,1-2H3. The first-order chi connectivity index (χ1) is 9.97. The molecule has 0 bridgehead atoms. The molecule has 1 aromatic heterocycles. The van der Waals surface area contributed by atoms with Crippen LogP contribution in [0.4, 0.5) is 0 Å². The van der Waals surface area contributed by atoms with Crippen LogP contribution in [0.1, 0.15) is 23.7 Å². The van der Waals surface area contributed by atoms with Crippen LogP contribution >= 0.6 is 34.8 Å². The lowest BCUT2D eigenvalue weighted by atomic mass is 10.2. The number of hydrogen-bond acceptors (Lipinski definition) is 1. The number of imidazole rings is 1. The van der Waals surface area contributed by atoms with Gasteiger partial charge in [0.05, 0.1) is 27.1 Å². The average Bonchev–Trinajstić information content (AvgIpc) is 2.77. The summed E-state index contributed by atoms with van der Waals surface area (Å²) in [4.78, 5) is 4.65. The van der Waals surface area contributed by atoms with Crippen molar-refractivity contribution in [2.75, 3.05) is 0 Å². The highest BCUT2D eigenvalue weighted by molar-refractivity contribution is 6.35. The van der Waals surface area contributed by atoms with Crippen LogP contribution in [0, 0.1) is 6.92 Å². The smallest absolute Gasteiger partial charge is 0.132 e. The third kappa shape index (κ3) is 2.64. The number of alkyl halides is 1. The minimum Gasteiger partial charge on any atom is -0.294 e. The second kappa shape index (κ2) is 5.53. The van der Waals surface area contributed by atoms with Gasteiger partial charge in [-0.1, -0.05) is 29.3 Å². The molecule has 0 aliphatic carbocycles. The molecule has 2 nitrogen and oxygen atoms in total. The van der Waals surface area contributed by atoms with E-state index in [-0.39, 0.29) is 5.38 Å². The summed E-state index contributed by atoms with van der Waals surface area (Å²) < 4.78 is 1.99. The maximum absolute atomic E-state index is 6.35. The van der Waals surface area contributed by atoms with E-state index in [4.69, 9.17) is 34.8 Å². The monoisotopic (exact) mass is 338 g/mol. The number of rotatable bonds is 2. The number of halogens is 3. The van der Waals surface area contributed by atoms with E-state index in [0.717, 1.165) is 28.1 Å². The van der Waals surface area contributed by atoms with Crippen LogP contribution in [0.2, 0.25) is 10.0 Å². The lowest BCUT2D eigenvalue weighted by Gasteiger charge is -2.12. The number of aromatic nitrogens is 2. The summed E-state index contributed by atoms with van der Waals surface area (Å²) in [6.07, 6.45) is 0. The van der Waals surface area contributed by atoms with E-state index in [1.165, 1.54) is 0 Å². The third-order valence-corrected chi connectivity index (χ3v) is 4.08. The van der Waals surface area contributed by atoms with Crippen molar-refractivity contribution in [3.8, 4) is 5.69 Å². The van der Waals surface area contributed by atoms with Gasteiger partial charge < -0.3 is 0 Å². The number of nitrogens with zero attached hydrogens (tertiary/aromatic N) is 2. The van der Waals surface area contributed by atoms with Gasteiger partial charge >= 0.3 is 0 Å². The number of fused-ring (bicyclic) bond motifs is 1. The fourth-order valence-corrected chi connectivity index (χ4v) is 3.03. The van der Waals surface area contributed by atoms with Crippen LogP contribution in [0.15, 0.2) is 36.4 Å². The van der Waals surface area contributed by atoms with Crippen LogP contribution in [-0.2, 0) is 0 Å². The van der Waals surface area contributed by atoms with Gasteiger partial charge in [-0.25, -0.2) is 4.98 Å². The highest BCUT2D eigenvalue weighted by atomic mass is 35.5. The summed E-state index contributed by atoms with van der Waals surface area (Å²) in [7, 11) is 0. The highest BCUT2D eigenvalue weighted by Gasteiger charge is 2.18. The Labute approximate surface area is 138 Å². The molecular formula is C16H13Cl3N2. The zero-order chi connectivity index (χ0) is 15.1. The fraction of sp³-hybridized carbons (Fsp3) is 0.188. The van der Waals surface area contributed by atoms with E-state index >= 15 is 0 Å². The Kier molecular flexibility index (Phi) is 3.87. The van der Waals surface area contributed by atoms with Crippen molar-refractivity contribution in [1.82, 2.24) is 9.55 Å². The number of benzene rings is 2. The average molecular weight is 340 g/mol. The molecule has 0 saturated carbocycles. The van der Waals surface area contributed by atoms with Crippen molar-refractivity contribution in [1.29, 1.82) is 0 Å². The van der Waals surface area contributed by atoms with Gasteiger partial charge in [0.2, 0.25) is 0 Å². The molecule has 108 valence electrons. The normalized spacial score (nSPS) is 12.8. The minimum atomic E-state index is -0.232. The van der Waals surface area contributed by atoms with Crippen LogP contribution in [0.25, 0.3) is 16.7 Å². The summed E-state index contributed by atoms with van der Waals surface area (Å²) in [6, 6.07) is 11.5. The maximum Gasteiger partial charge on any atom is 0.132 e. The summed E-state index contributed by atoms with van der Waals surface area (Å²) in [5, 5.41) is 0.940. The first-order valence-electron chi connectivity index (χ1n) is 6.56. The fourth-order valence-electron chi connectivity index (χ4n) is 2.39. The first kappa shape index (κ1) is 14.7. The molecule has 21 heavy (non-hydrogen) atoms. The Morgan fingerprint density at radius 2 is 1.86 bits per heavy atom. The molecule has 0 spiro atoms. The van der Waals surface area contributed by atoms with Crippen LogP contribution < -0.4 is 0 Å². The van der Waals surface area contributed by atoms with E-state index in [1.807, 2.05) is 48.7 Å². The van der Waals surface area contributed by atoms with E-state index < -0.39 is 0 Å². The molecule has 1 heterocycles. The Morgan fingerprint density at radius 3 is 2.52 bits per heavy atom. The van der Waals surface area contributed by atoms with Gasteiger partial charge in [0.15, 0.2) is 0 Å². The molecular weight excluding hydrogens is 327 g/mol. The highest BCUT2D eigenvalue weighted by Crippen LogP contribution is 2.32. The molecule has 0 amide bonds. The molecule has 3 rings (SSSR count). The van der Waals surface area contributed by atoms with Crippen molar-refractivity contribution in [3.05, 3.63) is 57.8 Å². The van der Waals surface area contributed by atoms with E-state index in [9.17, 15) is 0 Å². The van der Waals surface area contributed by atoms with Crippen molar-refractivity contribution < 1.29 is 0 Å². The lowest BCUT2D eigenvalue weighted by Crippen LogP contribution is -2.02. The summed E-state index contributed by atoms with van der Waals surface area (Å²) in [6.45, 7) is 3.94. The molecule has 3 aromatic rings. The molecule has 0 saturated heterocycles. The van der Waals surface area contributed by atoms with Gasteiger partial charge in [-0.3, -0.25) is 4.57 Å². The van der Waals surface area contributed by atoms with Gasteiger partial charge in [0.1, 0.15) is 5.82 Å². The Morgan fingerprint density at radius 1 is 1.10 bits per heavy atom. The zero-order valence-corrected chi connectivity index (χ0v) is 13.8. The van der Waals surface area contributed by atoms with Gasteiger partial charge in [0.25, 0.3) is 0 Å². The second-order valence-electron chi connectivity index (χ2n) is 5.01. The van der Waals surface area contributed by atoms with Crippen LogP contribution in [0.3, 0.4) is 0 Å². The number of hydrogen-bond donors (Lipinski definition) is 0. The topological polar surface area (TPSA) is 17.8 Å². The van der Waals surface area contributed by atoms with Crippen molar-refractivity contribution >= 4 is 45.8 Å². The number of aryl methyl sites for hydroxylation is 1. The molecule has 0 aliphatic heterocycles. The molecule has 1 atom stereocenters. The molecule has 1 unspecified atom stereocenters. The molecule has 0 fully saturated rings. The summed E-state index contributed by atoms with van der Waals surface area (Å²) >= 11 is 18.6. The summed E-state index contributed by atoms with van der Waals surface area (Å²) in [5.74, 6) is 0.765. The van der Waals surface area contributed by atoms with Crippen LogP contribution in [0.5, 0.6) is 0 Å². The minimum absolute atomic E-state index is 0.232. The summed E-state index contributed by atoms with van der Waals surface area (Å²) in [5.41, 5.74) is 3.87. The molecule has 0 aliphatic rings. The first-order valence-corrected chi connectivity index (χ1v) is 7.75. The van der Waals surface area contributed by atoms with Crippen molar-refractivity contribution in [2.45, 2.75) is 19.2 Å². The predicted octanol–water partition coefficient (Wildman–Crippen LogP) is 5.94. The molecule has 5 heteroatoms. The Bertz CT molecular complexity index is 822.